The first-order valence-corrected chi connectivity index (χ1v) is 6.49. The Bertz CT molecular complexity index is 254. The highest BCUT2D eigenvalue weighted by atomic mass is 15.0. The summed E-state index contributed by atoms with van der Waals surface area (Å²) in [6.45, 7) is 7.33. The average Bonchev–Trinajstić information content (AvgIpc) is 2.29. The Morgan fingerprint density at radius 2 is 2.12 bits per heavy atom. The van der Waals surface area contributed by atoms with Gasteiger partial charge in [0.15, 0.2) is 0 Å². The molecule has 0 aromatic carbocycles. The minimum atomic E-state index is 0.0677. The predicted octanol–water partition coefficient (Wildman–Crippen LogP) is 2.14. The number of terminal acetylenes is 1. The Morgan fingerprint density at radius 1 is 1.44 bits per heavy atom. The van der Waals surface area contributed by atoms with Crippen LogP contribution in [-0.4, -0.2) is 18.1 Å². The molecule has 0 aromatic heterocycles. The third-order valence-corrected chi connectivity index (χ3v) is 4.02. The van der Waals surface area contributed by atoms with Crippen LogP contribution in [-0.2, 0) is 0 Å². The molecule has 1 aliphatic carbocycles. The van der Waals surface area contributed by atoms with Gasteiger partial charge in [0.2, 0.25) is 0 Å². The van der Waals surface area contributed by atoms with Gasteiger partial charge in [-0.15, -0.1) is 6.42 Å². The zero-order valence-corrected chi connectivity index (χ0v) is 10.9. The van der Waals surface area contributed by atoms with Gasteiger partial charge in [-0.1, -0.05) is 32.6 Å². The van der Waals surface area contributed by atoms with E-state index in [1.807, 2.05) is 6.92 Å². The van der Waals surface area contributed by atoms with Gasteiger partial charge in [0.25, 0.3) is 0 Å². The Morgan fingerprint density at radius 3 is 2.62 bits per heavy atom. The molecule has 0 aromatic rings. The molecule has 0 amide bonds. The Labute approximate surface area is 100 Å². The van der Waals surface area contributed by atoms with Crippen LogP contribution in [0.1, 0.15) is 46.5 Å². The molecule has 16 heavy (non-hydrogen) atoms. The van der Waals surface area contributed by atoms with Crippen LogP contribution >= 0.6 is 0 Å². The highest BCUT2D eigenvalue weighted by Gasteiger charge is 2.41. The smallest absolute Gasteiger partial charge is 0.0663 e. The topological polar surface area (TPSA) is 38.0 Å². The second kappa shape index (κ2) is 5.70. The van der Waals surface area contributed by atoms with Crippen LogP contribution in [0.25, 0.3) is 0 Å². The predicted molar refractivity (Wildman–Crippen MR) is 70.0 cm³/mol. The summed E-state index contributed by atoms with van der Waals surface area (Å²) in [4.78, 5) is 0. The molecule has 3 unspecified atom stereocenters. The van der Waals surface area contributed by atoms with E-state index in [-0.39, 0.29) is 11.6 Å². The van der Waals surface area contributed by atoms with Gasteiger partial charge in [-0.05, 0) is 31.6 Å². The van der Waals surface area contributed by atoms with E-state index in [2.05, 4.69) is 25.1 Å². The fraction of sp³-hybridized carbons (Fsp3) is 0.857. The summed E-state index contributed by atoms with van der Waals surface area (Å²) in [7, 11) is 0. The molecule has 0 heterocycles. The van der Waals surface area contributed by atoms with E-state index in [1.54, 1.807) is 0 Å². The van der Waals surface area contributed by atoms with Gasteiger partial charge >= 0.3 is 0 Å². The highest BCUT2D eigenvalue weighted by molar-refractivity contribution is 5.06. The van der Waals surface area contributed by atoms with E-state index < -0.39 is 0 Å². The van der Waals surface area contributed by atoms with Crippen molar-refractivity contribution in [1.82, 2.24) is 5.32 Å². The quantitative estimate of drug-likeness (QED) is 0.715. The van der Waals surface area contributed by atoms with Crippen LogP contribution in [0.4, 0.5) is 0 Å². The second-order valence-corrected chi connectivity index (χ2v) is 5.49. The summed E-state index contributed by atoms with van der Waals surface area (Å²) >= 11 is 0. The van der Waals surface area contributed by atoms with Crippen molar-refractivity contribution in [3.8, 4) is 12.3 Å². The van der Waals surface area contributed by atoms with Crippen LogP contribution in [0.5, 0.6) is 0 Å². The van der Waals surface area contributed by atoms with E-state index >= 15 is 0 Å². The Balaban J connectivity index is 2.84. The lowest BCUT2D eigenvalue weighted by molar-refractivity contribution is 0.104. The van der Waals surface area contributed by atoms with E-state index in [4.69, 9.17) is 12.2 Å². The van der Waals surface area contributed by atoms with Gasteiger partial charge in [-0.25, -0.2) is 0 Å². The molecule has 1 saturated carbocycles. The van der Waals surface area contributed by atoms with Crippen LogP contribution in [0, 0.1) is 24.2 Å². The standard InChI is InChI=1S/C14H26N2/c1-5-12(4)16-14(10-15)9-7-6-8-13(14)11(2)3/h1,11-13,16H,6-10,15H2,2-4H3. The lowest BCUT2D eigenvalue weighted by Crippen LogP contribution is -2.61. The van der Waals surface area contributed by atoms with Crippen molar-refractivity contribution in [3.63, 3.8) is 0 Å². The number of hydrogen-bond donors (Lipinski definition) is 2. The first kappa shape index (κ1) is 13.5. The molecule has 2 heteroatoms. The summed E-state index contributed by atoms with van der Waals surface area (Å²) < 4.78 is 0. The van der Waals surface area contributed by atoms with Gasteiger partial charge in [0.05, 0.1) is 6.04 Å². The van der Waals surface area contributed by atoms with Crippen LogP contribution < -0.4 is 11.1 Å². The first-order valence-electron chi connectivity index (χ1n) is 6.49. The van der Waals surface area contributed by atoms with Gasteiger partial charge in [0, 0.05) is 12.1 Å². The molecule has 3 N–H and O–H groups in total. The van der Waals surface area contributed by atoms with E-state index in [0.29, 0.717) is 18.4 Å². The summed E-state index contributed by atoms with van der Waals surface area (Å²) in [5, 5.41) is 3.60. The largest absolute Gasteiger partial charge is 0.329 e. The van der Waals surface area contributed by atoms with Crippen molar-refractivity contribution in [2.75, 3.05) is 6.54 Å². The van der Waals surface area contributed by atoms with E-state index in [9.17, 15) is 0 Å². The number of hydrogen-bond acceptors (Lipinski definition) is 2. The fourth-order valence-corrected chi connectivity index (χ4v) is 3.20. The van der Waals surface area contributed by atoms with Crippen molar-refractivity contribution < 1.29 is 0 Å². The third-order valence-electron chi connectivity index (χ3n) is 4.02. The molecule has 3 atom stereocenters. The lowest BCUT2D eigenvalue weighted by Gasteiger charge is -2.47. The summed E-state index contributed by atoms with van der Waals surface area (Å²) in [6, 6.07) is 0.114. The van der Waals surface area contributed by atoms with Crippen molar-refractivity contribution in [3.05, 3.63) is 0 Å². The van der Waals surface area contributed by atoms with Gasteiger partial charge in [-0.3, -0.25) is 5.32 Å². The van der Waals surface area contributed by atoms with Crippen molar-refractivity contribution in [2.45, 2.75) is 58.0 Å². The number of rotatable bonds is 4. The monoisotopic (exact) mass is 222 g/mol. The molecule has 0 spiro atoms. The second-order valence-electron chi connectivity index (χ2n) is 5.49. The summed E-state index contributed by atoms with van der Waals surface area (Å²) in [5.74, 6) is 4.09. The average molecular weight is 222 g/mol. The SMILES string of the molecule is C#CC(C)NC1(CN)CCCCC1C(C)C. The molecule has 92 valence electrons. The zero-order valence-electron chi connectivity index (χ0n) is 10.9. The third kappa shape index (κ3) is 2.78. The Hall–Kier alpha value is -0.520. The molecule has 0 aliphatic heterocycles. The van der Waals surface area contributed by atoms with Crippen LogP contribution in [0.3, 0.4) is 0 Å². The van der Waals surface area contributed by atoms with Crippen LogP contribution in [0.15, 0.2) is 0 Å². The summed E-state index contributed by atoms with van der Waals surface area (Å²) in [6.07, 6.45) is 10.5. The summed E-state index contributed by atoms with van der Waals surface area (Å²) in [5.41, 5.74) is 6.11. The van der Waals surface area contributed by atoms with E-state index in [1.165, 1.54) is 25.7 Å². The normalized spacial score (nSPS) is 32.4. The molecule has 1 aliphatic rings. The molecule has 0 radical (unpaired) electrons. The van der Waals surface area contributed by atoms with Gasteiger partial charge in [0.1, 0.15) is 0 Å². The Kier molecular flexibility index (Phi) is 4.83. The maximum absolute atomic E-state index is 6.04. The van der Waals surface area contributed by atoms with Gasteiger partial charge < -0.3 is 5.73 Å². The van der Waals surface area contributed by atoms with Gasteiger partial charge in [-0.2, -0.15) is 0 Å². The minimum absolute atomic E-state index is 0.0677. The molecule has 0 saturated heterocycles. The molecular formula is C14H26N2. The lowest BCUT2D eigenvalue weighted by atomic mass is 9.67. The zero-order chi connectivity index (χ0) is 12.2. The molecule has 1 rings (SSSR count). The minimum Gasteiger partial charge on any atom is -0.329 e. The van der Waals surface area contributed by atoms with E-state index in [0.717, 1.165) is 0 Å². The molecule has 2 nitrogen and oxygen atoms in total. The first-order chi connectivity index (χ1) is 7.55. The van der Waals surface area contributed by atoms with Crippen molar-refractivity contribution in [1.29, 1.82) is 0 Å². The number of nitrogens with two attached hydrogens (primary N) is 1. The highest BCUT2D eigenvalue weighted by Crippen LogP contribution is 2.38. The maximum atomic E-state index is 6.04. The maximum Gasteiger partial charge on any atom is 0.0663 e. The molecular weight excluding hydrogens is 196 g/mol. The molecule has 0 bridgehead atoms. The van der Waals surface area contributed by atoms with Crippen molar-refractivity contribution >= 4 is 0 Å². The van der Waals surface area contributed by atoms with Crippen molar-refractivity contribution in [2.24, 2.45) is 17.6 Å². The van der Waals surface area contributed by atoms with Crippen LogP contribution in [0.2, 0.25) is 0 Å². The molecule has 1 fully saturated rings. The number of nitrogens with one attached hydrogen (secondary N) is 1. The fourth-order valence-electron chi connectivity index (χ4n) is 3.20.